The van der Waals surface area contributed by atoms with Crippen LogP contribution in [0.4, 0.5) is 0 Å². The second kappa shape index (κ2) is 41.0. The van der Waals surface area contributed by atoms with Gasteiger partial charge in [0.2, 0.25) is 0 Å². The number of hydrogen-bond donors (Lipinski definition) is 0. The SMILES string of the molecule is Cc1c[c-]c[c-]c1.Cc1c[c-]cc(C)c1.Cc1cc(C)cc(-c2c[c-]c[c-]c2)c1.Cc1cc(C)cc(-c2cc[c-]cc2)c1.Cc1cc[c-]cc1.[Y].[Y].[Y].[Y].[Y].[Y].[Y]. The van der Waals surface area contributed by atoms with E-state index in [1.807, 2.05) is 79.7 Å². The smallest absolute Gasteiger partial charge is 0 e. The summed E-state index contributed by atoms with van der Waals surface area (Å²) in [7, 11) is 0. The maximum absolute atomic E-state index is 3.04. The molecule has 0 aliphatic carbocycles. The first kappa shape index (κ1) is 68.3. The molecule has 275 valence electrons. The van der Waals surface area contributed by atoms with Crippen LogP contribution in [0.1, 0.15) is 44.5 Å². The van der Waals surface area contributed by atoms with E-state index < -0.39 is 0 Å². The van der Waals surface area contributed by atoms with E-state index in [1.165, 1.54) is 66.8 Å². The molecule has 0 saturated heterocycles. The molecule has 7 heteroatoms. The first-order valence-corrected chi connectivity index (χ1v) is 16.8. The summed E-state index contributed by atoms with van der Waals surface area (Å²) in [4.78, 5) is 0. The van der Waals surface area contributed by atoms with Gasteiger partial charge in [0.05, 0.1) is 0 Å². The third kappa shape index (κ3) is 31.7. The molecule has 0 aliphatic rings. The van der Waals surface area contributed by atoms with Crippen LogP contribution < -0.4 is 0 Å². The molecule has 7 rings (SSSR count). The van der Waals surface area contributed by atoms with Crippen LogP contribution in [-0.2, 0) is 229 Å². The third-order valence-corrected chi connectivity index (χ3v) is 7.22. The van der Waals surface area contributed by atoms with Crippen LogP contribution in [0.15, 0.2) is 140 Å². The van der Waals surface area contributed by atoms with Crippen LogP contribution in [0.2, 0.25) is 0 Å². The second-order valence-electron chi connectivity index (χ2n) is 12.4. The fourth-order valence-electron chi connectivity index (χ4n) is 5.03. The molecule has 0 N–H and O–H groups in total. The normalized spacial score (nSPS) is 8.42. The van der Waals surface area contributed by atoms with Crippen LogP contribution in [-0.4, -0.2) is 0 Å². The van der Waals surface area contributed by atoms with Gasteiger partial charge >= 0.3 is 0 Å². The van der Waals surface area contributed by atoms with Gasteiger partial charge in [0.1, 0.15) is 0 Å². The van der Waals surface area contributed by atoms with Crippen molar-refractivity contribution in [1.82, 2.24) is 0 Å². The van der Waals surface area contributed by atoms with Crippen LogP contribution >= 0.6 is 0 Å². The van der Waals surface area contributed by atoms with Crippen molar-refractivity contribution in [2.75, 3.05) is 0 Å². The molecule has 57 heavy (non-hydrogen) atoms. The molecule has 0 fully saturated rings. The van der Waals surface area contributed by atoms with E-state index in [0.29, 0.717) is 0 Å². The predicted octanol–water partition coefficient (Wildman–Crippen LogP) is 12.8. The fourth-order valence-corrected chi connectivity index (χ4v) is 5.03. The summed E-state index contributed by atoms with van der Waals surface area (Å²) in [6, 6.07) is 67.5. The van der Waals surface area contributed by atoms with Crippen molar-refractivity contribution in [3.63, 3.8) is 0 Å². The van der Waals surface area contributed by atoms with Gasteiger partial charge in [-0.25, -0.2) is 5.56 Å². The molecule has 7 aromatic carbocycles. The second-order valence-corrected chi connectivity index (χ2v) is 12.4. The van der Waals surface area contributed by atoms with Crippen molar-refractivity contribution in [1.29, 1.82) is 0 Å². The van der Waals surface area contributed by atoms with Crippen LogP contribution in [0.5, 0.6) is 0 Å². The van der Waals surface area contributed by atoms with Crippen LogP contribution in [0, 0.1) is 97.9 Å². The Hall–Kier alpha value is 2.27. The molecule has 7 aromatic rings. The van der Waals surface area contributed by atoms with Gasteiger partial charge in [-0.3, -0.25) is 29.8 Å². The molecule has 0 spiro atoms. The zero-order valence-corrected chi connectivity index (χ0v) is 54.7. The van der Waals surface area contributed by atoms with E-state index in [4.69, 9.17) is 0 Å². The van der Waals surface area contributed by atoms with Crippen molar-refractivity contribution >= 4 is 0 Å². The van der Waals surface area contributed by atoms with E-state index >= 15 is 0 Å². The Morgan fingerprint density at radius 3 is 0.860 bits per heavy atom. The van der Waals surface area contributed by atoms with Gasteiger partial charge < -0.3 is 36.4 Å². The van der Waals surface area contributed by atoms with Gasteiger partial charge in [-0.05, 0) is 33.3 Å². The summed E-state index contributed by atoms with van der Waals surface area (Å²) in [5.74, 6) is 0. The summed E-state index contributed by atoms with van der Waals surface area (Å²) < 4.78 is 0. The maximum atomic E-state index is 3.04. The number of rotatable bonds is 2. The summed E-state index contributed by atoms with van der Waals surface area (Å²) in [6.07, 6.45) is 0. The first-order valence-electron chi connectivity index (χ1n) is 16.8. The summed E-state index contributed by atoms with van der Waals surface area (Å²) in [6.45, 7) is 16.7. The summed E-state index contributed by atoms with van der Waals surface area (Å²) in [5, 5.41) is 0. The van der Waals surface area contributed by atoms with Gasteiger partial charge in [0.15, 0.2) is 0 Å². The van der Waals surface area contributed by atoms with E-state index in [-0.39, 0.29) is 229 Å². The molecule has 0 nitrogen and oxygen atoms in total. The summed E-state index contributed by atoms with van der Waals surface area (Å²) >= 11 is 0. The van der Waals surface area contributed by atoms with Crippen molar-refractivity contribution in [2.45, 2.75) is 55.4 Å². The van der Waals surface area contributed by atoms with E-state index in [0.717, 1.165) is 0 Å². The standard InChI is InChI=1S/C14H13.C14H12.C8H9.C7H7.C7H6.7Y/c2*1-11-8-12(2)10-14(9-11)13-6-4-3-5-7-13;1-7-4-3-5-8(2)6-7;2*1-7-5-3-2-4-6-7;;;;;;;/h4-10H,1-2H3;3,6-10H,1-2H3;4-6H,1-2H3;3-6H,1H3;2,5-6H,1H3;;;;;;;/q-1;-2;2*-1;-2;;;;;;;. The Kier molecular flexibility index (Phi) is 49.2. The molecule has 0 aromatic heterocycles. The predicted molar refractivity (Wildman–Crippen MR) is 213 cm³/mol. The van der Waals surface area contributed by atoms with Crippen molar-refractivity contribution < 1.29 is 229 Å². The molecular formula is C50H47Y7-7. The Balaban J connectivity index is -0.000000198. The average molecular weight is 1270 g/mol. The Bertz CT molecular complexity index is 1790. The molecule has 0 heterocycles. The van der Waals surface area contributed by atoms with Crippen LogP contribution in [0.3, 0.4) is 0 Å². The maximum Gasteiger partial charge on any atom is 0 e. The van der Waals surface area contributed by atoms with Gasteiger partial charge in [-0.2, -0.15) is 102 Å². The Labute approximate surface area is 522 Å². The zero-order valence-electron chi connectivity index (χ0n) is 34.8. The van der Waals surface area contributed by atoms with E-state index in [2.05, 4.69) is 146 Å². The quantitative estimate of drug-likeness (QED) is 0.151. The molecule has 0 unspecified atom stereocenters. The number of aryl methyl sites for hydroxylation is 8. The van der Waals surface area contributed by atoms with E-state index in [1.54, 1.807) is 12.1 Å². The molecule has 0 saturated carbocycles. The monoisotopic (exact) mass is 1270 g/mol. The molecule has 0 aliphatic heterocycles. The van der Waals surface area contributed by atoms with Gasteiger partial charge in [-0.1, -0.05) is 79.4 Å². The van der Waals surface area contributed by atoms with E-state index in [9.17, 15) is 0 Å². The Morgan fingerprint density at radius 1 is 0.246 bits per heavy atom. The van der Waals surface area contributed by atoms with Gasteiger partial charge in [0.25, 0.3) is 0 Å². The van der Waals surface area contributed by atoms with Crippen molar-refractivity contribution in [3.8, 4) is 22.3 Å². The van der Waals surface area contributed by atoms with Crippen LogP contribution in [0.25, 0.3) is 22.3 Å². The fraction of sp³-hybridized carbons (Fsp3) is 0.160. The minimum atomic E-state index is 0. The molecule has 0 amide bonds. The van der Waals surface area contributed by atoms with Crippen molar-refractivity contribution in [3.05, 3.63) is 226 Å². The minimum absolute atomic E-state index is 0. The molecule has 0 atom stereocenters. The average Bonchev–Trinajstić information content (AvgIpc) is 3.10. The third-order valence-electron chi connectivity index (χ3n) is 7.22. The zero-order chi connectivity index (χ0) is 36.1. The number of hydrogen-bond acceptors (Lipinski definition) is 0. The molecular weight excluding hydrogens is 1220 g/mol. The molecule has 0 bridgehead atoms. The number of benzene rings is 7. The first-order chi connectivity index (χ1) is 24.1. The van der Waals surface area contributed by atoms with Gasteiger partial charge in [0, 0.05) is 229 Å². The Morgan fingerprint density at radius 2 is 0.561 bits per heavy atom. The largest absolute Gasteiger partial charge is 0.359 e. The molecule has 7 radical (unpaired) electrons. The van der Waals surface area contributed by atoms with Gasteiger partial charge in [-0.15, -0.1) is 18.1 Å². The van der Waals surface area contributed by atoms with Crippen molar-refractivity contribution in [2.24, 2.45) is 0 Å². The topological polar surface area (TPSA) is 0 Å². The summed E-state index contributed by atoms with van der Waals surface area (Å²) in [5.41, 5.74) is 15.3. The minimum Gasteiger partial charge on any atom is -0.359 e.